The third-order valence-electron chi connectivity index (χ3n) is 4.80. The molecule has 4 heteroatoms. The minimum absolute atomic E-state index is 0.311. The summed E-state index contributed by atoms with van der Waals surface area (Å²) in [5.41, 5.74) is 7.66. The maximum atomic E-state index is 12.7. The summed E-state index contributed by atoms with van der Waals surface area (Å²) < 4.78 is 0. The molecule has 0 bridgehead atoms. The second-order valence-electron chi connectivity index (χ2n) is 5.85. The smallest absolute Gasteiger partial charge is 0.230 e. The van der Waals surface area contributed by atoms with Crippen molar-refractivity contribution in [3.05, 3.63) is 18.2 Å². The van der Waals surface area contributed by atoms with E-state index >= 15 is 0 Å². The fraction of sp³-hybridized carbons (Fsp3) is 0.533. The average molecular weight is 274 g/mol. The molecule has 19 heavy (non-hydrogen) atoms. The number of thioether (sulfide) groups is 1. The van der Waals surface area contributed by atoms with Crippen LogP contribution >= 0.6 is 11.8 Å². The Morgan fingerprint density at radius 3 is 2.89 bits per heavy atom. The fourth-order valence-electron chi connectivity index (χ4n) is 3.83. The van der Waals surface area contributed by atoms with Gasteiger partial charge in [0.15, 0.2) is 0 Å². The summed E-state index contributed by atoms with van der Waals surface area (Å²) >= 11 is 1.82. The van der Waals surface area contributed by atoms with Gasteiger partial charge in [-0.3, -0.25) is 4.79 Å². The van der Waals surface area contributed by atoms with Crippen molar-refractivity contribution in [3.63, 3.8) is 0 Å². The molecule has 2 fully saturated rings. The quantitative estimate of drug-likeness (QED) is 0.801. The van der Waals surface area contributed by atoms with Crippen LogP contribution in [0.4, 0.5) is 11.4 Å². The van der Waals surface area contributed by atoms with Crippen LogP contribution in [-0.4, -0.2) is 18.2 Å². The van der Waals surface area contributed by atoms with Crippen LogP contribution in [0.15, 0.2) is 23.1 Å². The standard InChI is InChI=1S/C15H18N2OS/c16-9-4-5-13-12(8-9)17(6-7-19-13)15(18)14-10-2-1-3-11(10)14/h4-5,8,10-11,14H,1-3,6-7,16H2. The monoisotopic (exact) mass is 274 g/mol. The van der Waals surface area contributed by atoms with Gasteiger partial charge in [-0.2, -0.15) is 0 Å². The van der Waals surface area contributed by atoms with Crippen LogP contribution in [0.3, 0.4) is 0 Å². The minimum atomic E-state index is 0.311. The Morgan fingerprint density at radius 2 is 2.11 bits per heavy atom. The first-order valence-electron chi connectivity index (χ1n) is 7.09. The zero-order valence-corrected chi connectivity index (χ0v) is 11.7. The van der Waals surface area contributed by atoms with Crippen molar-refractivity contribution in [3.8, 4) is 0 Å². The zero-order valence-electron chi connectivity index (χ0n) is 10.8. The molecule has 2 atom stereocenters. The van der Waals surface area contributed by atoms with E-state index in [9.17, 15) is 4.79 Å². The molecule has 2 saturated carbocycles. The van der Waals surface area contributed by atoms with Crippen molar-refractivity contribution in [2.45, 2.75) is 24.2 Å². The number of nitrogens with two attached hydrogens (primary N) is 1. The largest absolute Gasteiger partial charge is 0.399 e. The number of fused-ring (bicyclic) bond motifs is 2. The molecule has 2 unspecified atom stereocenters. The first-order valence-corrected chi connectivity index (χ1v) is 8.08. The van der Waals surface area contributed by atoms with Gasteiger partial charge < -0.3 is 10.6 Å². The third-order valence-corrected chi connectivity index (χ3v) is 5.85. The fourth-order valence-corrected chi connectivity index (χ4v) is 4.81. The van der Waals surface area contributed by atoms with Crippen molar-refractivity contribution in [2.24, 2.45) is 17.8 Å². The molecule has 1 aromatic carbocycles. The summed E-state index contributed by atoms with van der Waals surface area (Å²) in [5, 5.41) is 0. The predicted molar refractivity (Wildman–Crippen MR) is 78.3 cm³/mol. The van der Waals surface area contributed by atoms with Crippen LogP contribution in [0, 0.1) is 17.8 Å². The summed E-state index contributed by atoms with van der Waals surface area (Å²) in [5.74, 6) is 3.02. The molecular formula is C15H18N2OS. The maximum Gasteiger partial charge on any atom is 0.230 e. The molecule has 100 valence electrons. The molecule has 4 rings (SSSR count). The topological polar surface area (TPSA) is 46.3 Å². The summed E-state index contributed by atoms with van der Waals surface area (Å²) in [6, 6.07) is 5.92. The molecule has 3 aliphatic rings. The number of nitrogens with zero attached hydrogens (tertiary/aromatic N) is 1. The van der Waals surface area contributed by atoms with E-state index in [0.29, 0.717) is 23.7 Å². The highest BCUT2D eigenvalue weighted by atomic mass is 32.2. The Balaban J connectivity index is 1.63. The van der Waals surface area contributed by atoms with Crippen LogP contribution in [0.25, 0.3) is 0 Å². The SMILES string of the molecule is Nc1ccc2c(c1)N(C(=O)C1C3CCCC31)CCS2. The summed E-state index contributed by atoms with van der Waals surface area (Å²) in [7, 11) is 0. The molecule has 2 N–H and O–H groups in total. The van der Waals surface area contributed by atoms with Crippen LogP contribution < -0.4 is 10.6 Å². The molecule has 1 aromatic rings. The molecule has 2 aliphatic carbocycles. The van der Waals surface area contributed by atoms with Gasteiger partial charge in [0, 0.05) is 28.8 Å². The normalized spacial score (nSPS) is 31.8. The van der Waals surface area contributed by atoms with Crippen molar-refractivity contribution < 1.29 is 4.79 Å². The summed E-state index contributed by atoms with van der Waals surface area (Å²) in [6.07, 6.45) is 3.83. The molecule has 0 radical (unpaired) electrons. The average Bonchev–Trinajstić information content (AvgIpc) is 2.90. The van der Waals surface area contributed by atoms with Crippen LogP contribution in [0.2, 0.25) is 0 Å². The lowest BCUT2D eigenvalue weighted by Gasteiger charge is -2.30. The Kier molecular flexibility index (Phi) is 2.56. The van der Waals surface area contributed by atoms with Gasteiger partial charge in [0.1, 0.15) is 0 Å². The lowest BCUT2D eigenvalue weighted by molar-refractivity contribution is -0.120. The second-order valence-corrected chi connectivity index (χ2v) is 6.99. The first-order chi connectivity index (χ1) is 9.25. The molecule has 3 nitrogen and oxygen atoms in total. The molecule has 1 aliphatic heterocycles. The van der Waals surface area contributed by atoms with Gasteiger partial charge in [-0.05, 0) is 42.9 Å². The molecule has 0 spiro atoms. The number of hydrogen-bond donors (Lipinski definition) is 1. The highest BCUT2D eigenvalue weighted by Gasteiger charge is 2.57. The van der Waals surface area contributed by atoms with Crippen LogP contribution in [0.1, 0.15) is 19.3 Å². The Labute approximate surface area is 117 Å². The van der Waals surface area contributed by atoms with Crippen LogP contribution in [0.5, 0.6) is 0 Å². The number of amides is 1. The van der Waals surface area contributed by atoms with Gasteiger partial charge in [-0.25, -0.2) is 0 Å². The predicted octanol–water partition coefficient (Wildman–Crippen LogP) is 2.75. The maximum absolute atomic E-state index is 12.7. The lowest BCUT2D eigenvalue weighted by atomic mass is 10.1. The van der Waals surface area contributed by atoms with E-state index in [-0.39, 0.29) is 0 Å². The molecule has 0 aromatic heterocycles. The van der Waals surface area contributed by atoms with Gasteiger partial charge in [0.25, 0.3) is 0 Å². The summed E-state index contributed by atoms with van der Waals surface area (Å²) in [6.45, 7) is 0.829. The van der Waals surface area contributed by atoms with E-state index in [1.807, 2.05) is 34.9 Å². The number of rotatable bonds is 1. The molecule has 1 heterocycles. The van der Waals surface area contributed by atoms with E-state index in [4.69, 9.17) is 5.73 Å². The molecule has 0 saturated heterocycles. The van der Waals surface area contributed by atoms with Crippen molar-refractivity contribution in [1.29, 1.82) is 0 Å². The molecular weight excluding hydrogens is 256 g/mol. The number of nitrogen functional groups attached to an aromatic ring is 1. The third kappa shape index (κ3) is 1.76. The zero-order chi connectivity index (χ0) is 13.0. The van der Waals surface area contributed by atoms with Crippen molar-refractivity contribution in [2.75, 3.05) is 22.9 Å². The van der Waals surface area contributed by atoms with E-state index in [0.717, 1.165) is 23.7 Å². The minimum Gasteiger partial charge on any atom is -0.399 e. The second kappa shape index (κ2) is 4.17. The van der Waals surface area contributed by atoms with Gasteiger partial charge in [0.05, 0.1) is 5.69 Å². The van der Waals surface area contributed by atoms with Gasteiger partial charge in [-0.1, -0.05) is 6.42 Å². The highest BCUT2D eigenvalue weighted by Crippen LogP contribution is 2.58. The van der Waals surface area contributed by atoms with Crippen molar-refractivity contribution >= 4 is 29.0 Å². The van der Waals surface area contributed by atoms with E-state index in [2.05, 4.69) is 0 Å². The summed E-state index contributed by atoms with van der Waals surface area (Å²) in [4.78, 5) is 15.9. The highest BCUT2D eigenvalue weighted by molar-refractivity contribution is 7.99. The van der Waals surface area contributed by atoms with Gasteiger partial charge in [0.2, 0.25) is 5.91 Å². The van der Waals surface area contributed by atoms with Gasteiger partial charge in [-0.15, -0.1) is 11.8 Å². The number of carbonyl (C=O) groups is 1. The van der Waals surface area contributed by atoms with Crippen LogP contribution in [-0.2, 0) is 4.79 Å². The number of carbonyl (C=O) groups excluding carboxylic acids is 1. The Bertz CT molecular complexity index is 535. The first kappa shape index (κ1) is 11.6. The number of benzene rings is 1. The number of hydrogen-bond acceptors (Lipinski definition) is 3. The Morgan fingerprint density at radius 1 is 1.32 bits per heavy atom. The van der Waals surface area contributed by atoms with E-state index in [1.54, 1.807) is 0 Å². The van der Waals surface area contributed by atoms with Gasteiger partial charge >= 0.3 is 0 Å². The van der Waals surface area contributed by atoms with E-state index in [1.165, 1.54) is 24.2 Å². The molecule has 1 amide bonds. The lowest BCUT2D eigenvalue weighted by Crippen LogP contribution is -2.37. The number of anilines is 2. The Hall–Kier alpha value is -1.16. The van der Waals surface area contributed by atoms with Crippen molar-refractivity contribution in [1.82, 2.24) is 0 Å². The van der Waals surface area contributed by atoms with E-state index < -0.39 is 0 Å².